The van der Waals surface area contributed by atoms with E-state index in [2.05, 4.69) is 40.4 Å². The standard InChI is InChI=1S/C18H24N2O2/c1-14-10-17(19-22-14)13-20-9-8-18(21-2)16(12-20)11-15-6-4-3-5-7-15/h3-7,10,16,18H,8-9,11-13H2,1-2H3/t16-,18+/m1/s1. The summed E-state index contributed by atoms with van der Waals surface area (Å²) in [5.74, 6) is 1.40. The van der Waals surface area contributed by atoms with Gasteiger partial charge in [-0.2, -0.15) is 0 Å². The van der Waals surface area contributed by atoms with Gasteiger partial charge in [-0.3, -0.25) is 4.90 Å². The molecule has 3 rings (SSSR count). The molecule has 0 amide bonds. The van der Waals surface area contributed by atoms with Crippen LogP contribution in [0.3, 0.4) is 0 Å². The number of piperidine rings is 1. The number of hydrogen-bond acceptors (Lipinski definition) is 4. The van der Waals surface area contributed by atoms with Crippen molar-refractivity contribution in [3.05, 3.63) is 53.4 Å². The van der Waals surface area contributed by atoms with Crippen molar-refractivity contribution in [2.75, 3.05) is 20.2 Å². The molecule has 118 valence electrons. The van der Waals surface area contributed by atoms with E-state index in [1.165, 1.54) is 5.56 Å². The van der Waals surface area contributed by atoms with Gasteiger partial charge in [-0.1, -0.05) is 35.5 Å². The lowest BCUT2D eigenvalue weighted by molar-refractivity contribution is -0.00896. The van der Waals surface area contributed by atoms with Crippen LogP contribution in [-0.2, 0) is 17.7 Å². The summed E-state index contributed by atoms with van der Waals surface area (Å²) in [4.78, 5) is 2.46. The molecule has 2 aromatic rings. The van der Waals surface area contributed by atoms with Crippen LogP contribution in [0.15, 0.2) is 40.9 Å². The third-order valence-corrected chi connectivity index (χ3v) is 4.45. The molecule has 1 aliphatic heterocycles. The Labute approximate surface area is 132 Å². The summed E-state index contributed by atoms with van der Waals surface area (Å²) in [5.41, 5.74) is 2.40. The van der Waals surface area contributed by atoms with Gasteiger partial charge < -0.3 is 9.26 Å². The molecule has 0 aliphatic carbocycles. The predicted octanol–water partition coefficient (Wildman–Crippen LogP) is 3.06. The summed E-state index contributed by atoms with van der Waals surface area (Å²) >= 11 is 0. The van der Waals surface area contributed by atoms with Crippen LogP contribution in [0.1, 0.15) is 23.4 Å². The smallest absolute Gasteiger partial charge is 0.133 e. The molecule has 1 aromatic heterocycles. The van der Waals surface area contributed by atoms with E-state index in [1.54, 1.807) is 0 Å². The minimum Gasteiger partial charge on any atom is -0.381 e. The van der Waals surface area contributed by atoms with Gasteiger partial charge in [-0.15, -0.1) is 0 Å². The lowest BCUT2D eigenvalue weighted by Gasteiger charge is -2.37. The monoisotopic (exact) mass is 300 g/mol. The Balaban J connectivity index is 1.64. The van der Waals surface area contributed by atoms with Gasteiger partial charge in [0.15, 0.2) is 0 Å². The normalized spacial score (nSPS) is 22.8. The van der Waals surface area contributed by atoms with Crippen molar-refractivity contribution in [3.63, 3.8) is 0 Å². The first-order valence-electron chi connectivity index (χ1n) is 7.96. The minimum atomic E-state index is 0.343. The van der Waals surface area contributed by atoms with E-state index < -0.39 is 0 Å². The molecule has 1 fully saturated rings. The van der Waals surface area contributed by atoms with Gasteiger partial charge in [0.25, 0.3) is 0 Å². The van der Waals surface area contributed by atoms with E-state index in [0.29, 0.717) is 12.0 Å². The summed E-state index contributed by atoms with van der Waals surface area (Å²) in [5, 5.41) is 4.11. The van der Waals surface area contributed by atoms with E-state index in [-0.39, 0.29) is 0 Å². The van der Waals surface area contributed by atoms with Crippen LogP contribution in [0.5, 0.6) is 0 Å². The Bertz CT molecular complexity index is 582. The number of methoxy groups -OCH3 is 1. The average Bonchev–Trinajstić information content (AvgIpc) is 2.94. The highest BCUT2D eigenvalue weighted by Crippen LogP contribution is 2.24. The predicted molar refractivity (Wildman–Crippen MR) is 85.6 cm³/mol. The molecule has 1 aromatic carbocycles. The fourth-order valence-corrected chi connectivity index (χ4v) is 3.37. The molecule has 0 saturated carbocycles. The second-order valence-corrected chi connectivity index (χ2v) is 6.18. The highest BCUT2D eigenvalue weighted by atomic mass is 16.5. The molecule has 2 heterocycles. The fourth-order valence-electron chi connectivity index (χ4n) is 3.37. The van der Waals surface area contributed by atoms with Crippen LogP contribution in [0.25, 0.3) is 0 Å². The van der Waals surface area contributed by atoms with Crippen molar-refractivity contribution >= 4 is 0 Å². The van der Waals surface area contributed by atoms with Crippen molar-refractivity contribution < 1.29 is 9.26 Å². The minimum absolute atomic E-state index is 0.343. The molecule has 4 nitrogen and oxygen atoms in total. The number of likely N-dealkylation sites (tertiary alicyclic amines) is 1. The molecule has 0 spiro atoms. The van der Waals surface area contributed by atoms with Gasteiger partial charge in [0.2, 0.25) is 0 Å². The Kier molecular flexibility index (Phi) is 4.90. The summed E-state index contributed by atoms with van der Waals surface area (Å²) in [7, 11) is 1.83. The molecule has 0 unspecified atom stereocenters. The Morgan fingerprint density at radius 1 is 1.32 bits per heavy atom. The molecule has 0 N–H and O–H groups in total. The quantitative estimate of drug-likeness (QED) is 0.850. The SMILES string of the molecule is CO[C@H]1CCN(Cc2cc(C)on2)C[C@H]1Cc1ccccc1. The maximum atomic E-state index is 5.72. The van der Waals surface area contributed by atoms with Gasteiger partial charge in [0.05, 0.1) is 11.8 Å². The van der Waals surface area contributed by atoms with E-state index in [9.17, 15) is 0 Å². The first-order valence-corrected chi connectivity index (χ1v) is 7.96. The summed E-state index contributed by atoms with van der Waals surface area (Å²) in [6.07, 6.45) is 2.48. The zero-order valence-electron chi connectivity index (χ0n) is 13.4. The van der Waals surface area contributed by atoms with Crippen LogP contribution in [0.4, 0.5) is 0 Å². The Morgan fingerprint density at radius 2 is 2.14 bits per heavy atom. The van der Waals surface area contributed by atoms with Crippen LogP contribution < -0.4 is 0 Å². The lowest BCUT2D eigenvalue weighted by Crippen LogP contribution is -2.44. The summed E-state index contributed by atoms with van der Waals surface area (Å²) in [6.45, 7) is 4.89. The largest absolute Gasteiger partial charge is 0.381 e. The van der Waals surface area contributed by atoms with Crippen molar-refractivity contribution in [3.8, 4) is 0 Å². The molecule has 4 heteroatoms. The molecule has 0 bridgehead atoms. The number of aromatic nitrogens is 1. The van der Waals surface area contributed by atoms with Gasteiger partial charge in [0.1, 0.15) is 5.76 Å². The molecule has 22 heavy (non-hydrogen) atoms. The van der Waals surface area contributed by atoms with Crippen molar-refractivity contribution in [2.45, 2.75) is 32.4 Å². The Hall–Kier alpha value is -1.65. The van der Waals surface area contributed by atoms with Crippen LogP contribution in [0.2, 0.25) is 0 Å². The Morgan fingerprint density at radius 3 is 2.82 bits per heavy atom. The molecular formula is C18H24N2O2. The maximum Gasteiger partial charge on any atom is 0.133 e. The van der Waals surface area contributed by atoms with Crippen LogP contribution in [-0.4, -0.2) is 36.4 Å². The third kappa shape index (κ3) is 3.76. The molecule has 2 atom stereocenters. The van der Waals surface area contributed by atoms with Crippen LogP contribution >= 0.6 is 0 Å². The zero-order chi connectivity index (χ0) is 15.4. The molecule has 0 radical (unpaired) electrons. The second-order valence-electron chi connectivity index (χ2n) is 6.18. The average molecular weight is 300 g/mol. The number of hydrogen-bond donors (Lipinski definition) is 0. The van der Waals surface area contributed by atoms with Gasteiger partial charge >= 0.3 is 0 Å². The highest BCUT2D eigenvalue weighted by molar-refractivity contribution is 5.16. The van der Waals surface area contributed by atoms with Crippen molar-refractivity contribution in [2.24, 2.45) is 5.92 Å². The molecule has 1 aliphatic rings. The van der Waals surface area contributed by atoms with E-state index in [1.807, 2.05) is 20.1 Å². The van der Waals surface area contributed by atoms with E-state index in [0.717, 1.165) is 43.9 Å². The number of rotatable bonds is 5. The zero-order valence-corrected chi connectivity index (χ0v) is 13.4. The number of nitrogens with zero attached hydrogens (tertiary/aromatic N) is 2. The number of benzene rings is 1. The van der Waals surface area contributed by atoms with Gasteiger partial charge in [-0.25, -0.2) is 0 Å². The first-order chi connectivity index (χ1) is 10.7. The summed E-state index contributed by atoms with van der Waals surface area (Å²) < 4.78 is 10.9. The second kappa shape index (κ2) is 7.07. The lowest BCUT2D eigenvalue weighted by atomic mass is 9.88. The summed E-state index contributed by atoms with van der Waals surface area (Å²) in [6, 6.07) is 12.7. The molecule has 1 saturated heterocycles. The van der Waals surface area contributed by atoms with E-state index >= 15 is 0 Å². The number of ether oxygens (including phenoxy) is 1. The highest BCUT2D eigenvalue weighted by Gasteiger charge is 2.29. The van der Waals surface area contributed by atoms with Crippen molar-refractivity contribution in [1.82, 2.24) is 10.1 Å². The topological polar surface area (TPSA) is 38.5 Å². The van der Waals surface area contributed by atoms with Gasteiger partial charge in [0, 0.05) is 38.7 Å². The van der Waals surface area contributed by atoms with Crippen molar-refractivity contribution in [1.29, 1.82) is 0 Å². The van der Waals surface area contributed by atoms with Crippen LogP contribution in [0, 0.1) is 12.8 Å². The third-order valence-electron chi connectivity index (χ3n) is 4.45. The molecular weight excluding hydrogens is 276 g/mol. The van der Waals surface area contributed by atoms with E-state index in [4.69, 9.17) is 9.26 Å². The fraction of sp³-hybridized carbons (Fsp3) is 0.500. The first kappa shape index (κ1) is 15.3. The maximum absolute atomic E-state index is 5.72. The van der Waals surface area contributed by atoms with Gasteiger partial charge in [-0.05, 0) is 25.3 Å². The number of aryl methyl sites for hydroxylation is 1.